The van der Waals surface area contributed by atoms with Crippen LogP contribution in [0.1, 0.15) is 29.3 Å². The van der Waals surface area contributed by atoms with Gasteiger partial charge in [0.15, 0.2) is 0 Å². The highest BCUT2D eigenvalue weighted by Crippen LogP contribution is 2.23. The van der Waals surface area contributed by atoms with E-state index in [1.165, 1.54) is 0 Å². The number of aromatic nitrogens is 1. The van der Waals surface area contributed by atoms with Crippen LogP contribution in [-0.4, -0.2) is 72.2 Å². The summed E-state index contributed by atoms with van der Waals surface area (Å²) in [6.45, 7) is 5.29. The molecule has 8 heteroatoms. The average Bonchev–Trinajstić information content (AvgIpc) is 3.28. The highest BCUT2D eigenvalue weighted by molar-refractivity contribution is 5.96. The van der Waals surface area contributed by atoms with Gasteiger partial charge in [-0.1, -0.05) is 25.1 Å². The summed E-state index contributed by atoms with van der Waals surface area (Å²) in [7, 11) is 0. The Morgan fingerprint density at radius 1 is 1.13 bits per heavy atom. The number of likely N-dealkylation sites (tertiary alicyclic amines) is 1. The molecular formula is C23H28N4O4. The Kier molecular flexibility index (Phi) is 6.66. The minimum atomic E-state index is -0.210. The molecule has 0 radical (unpaired) electrons. The van der Waals surface area contributed by atoms with Crippen LogP contribution < -0.4 is 10.1 Å². The third-order valence-electron chi connectivity index (χ3n) is 5.65. The second-order valence-corrected chi connectivity index (χ2v) is 7.68. The number of ether oxygens (including phenoxy) is 2. The molecule has 2 aliphatic rings. The molecule has 0 bridgehead atoms. The normalized spacial score (nSPS) is 18.7. The van der Waals surface area contributed by atoms with E-state index in [4.69, 9.17) is 9.47 Å². The molecule has 3 amide bonds. The number of carbonyl (C=O) groups excluding carboxylic acids is 2. The van der Waals surface area contributed by atoms with Gasteiger partial charge in [-0.05, 0) is 30.2 Å². The molecular weight excluding hydrogens is 396 g/mol. The van der Waals surface area contributed by atoms with Crippen molar-refractivity contribution in [3.8, 4) is 5.88 Å². The number of hydrogen-bond donors (Lipinski definition) is 1. The number of morpholine rings is 1. The lowest BCUT2D eigenvalue weighted by molar-refractivity contribution is 0.0298. The molecule has 2 fully saturated rings. The molecule has 3 heterocycles. The Bertz CT molecular complexity index is 929. The van der Waals surface area contributed by atoms with Crippen molar-refractivity contribution in [1.29, 1.82) is 0 Å². The fourth-order valence-electron chi connectivity index (χ4n) is 3.90. The molecule has 31 heavy (non-hydrogen) atoms. The van der Waals surface area contributed by atoms with Crippen molar-refractivity contribution < 1.29 is 19.1 Å². The highest BCUT2D eigenvalue weighted by Gasteiger charge is 2.30. The van der Waals surface area contributed by atoms with Gasteiger partial charge in [-0.3, -0.25) is 4.79 Å². The molecule has 0 saturated carbocycles. The van der Waals surface area contributed by atoms with Crippen molar-refractivity contribution in [1.82, 2.24) is 14.8 Å². The van der Waals surface area contributed by atoms with E-state index in [2.05, 4.69) is 17.2 Å². The third-order valence-corrected chi connectivity index (χ3v) is 5.65. The van der Waals surface area contributed by atoms with Crippen LogP contribution in [0.25, 0.3) is 0 Å². The van der Waals surface area contributed by atoms with Crippen LogP contribution in [-0.2, 0) is 11.2 Å². The third kappa shape index (κ3) is 4.96. The summed E-state index contributed by atoms with van der Waals surface area (Å²) in [6, 6.07) is 11.1. The van der Waals surface area contributed by atoms with Crippen LogP contribution in [0.3, 0.4) is 0 Å². The van der Waals surface area contributed by atoms with Gasteiger partial charge in [0.25, 0.3) is 5.91 Å². The summed E-state index contributed by atoms with van der Waals surface area (Å²) >= 11 is 0. The number of aryl methyl sites for hydroxylation is 1. The van der Waals surface area contributed by atoms with Crippen molar-refractivity contribution in [3.05, 3.63) is 53.7 Å². The molecule has 8 nitrogen and oxygen atoms in total. The Balaban J connectivity index is 1.38. The lowest BCUT2D eigenvalue weighted by Gasteiger charge is -2.27. The molecule has 1 unspecified atom stereocenters. The van der Waals surface area contributed by atoms with Gasteiger partial charge in [0.05, 0.1) is 19.8 Å². The smallest absolute Gasteiger partial charge is 0.321 e. The number of hydrogen-bond acceptors (Lipinski definition) is 5. The molecule has 0 spiro atoms. The standard InChI is InChI=1S/C23H28N4O4/c1-2-17-6-3-4-8-20(17)25-23(29)27-11-9-18(16-27)31-21-19(7-5-10-24-21)22(28)26-12-14-30-15-13-26/h3-8,10,18H,2,9,11-16H2,1H3,(H,25,29). The molecule has 1 aromatic carbocycles. The maximum Gasteiger partial charge on any atom is 0.321 e. The lowest BCUT2D eigenvalue weighted by atomic mass is 10.1. The molecule has 1 N–H and O–H groups in total. The van der Waals surface area contributed by atoms with Crippen molar-refractivity contribution in [3.63, 3.8) is 0 Å². The van der Waals surface area contributed by atoms with Crippen LogP contribution in [0.5, 0.6) is 5.88 Å². The number of pyridine rings is 1. The fraction of sp³-hybridized carbons (Fsp3) is 0.435. The number of rotatable bonds is 5. The molecule has 1 aromatic heterocycles. The van der Waals surface area contributed by atoms with Gasteiger partial charge in [0.1, 0.15) is 11.7 Å². The molecule has 2 saturated heterocycles. The zero-order valence-corrected chi connectivity index (χ0v) is 17.8. The quantitative estimate of drug-likeness (QED) is 0.798. The van der Waals surface area contributed by atoms with Crippen LogP contribution in [0.15, 0.2) is 42.6 Å². The number of carbonyl (C=O) groups is 2. The minimum absolute atomic E-state index is 0.102. The first-order chi connectivity index (χ1) is 15.2. The first kappa shape index (κ1) is 21.1. The van der Waals surface area contributed by atoms with Gasteiger partial charge in [0.2, 0.25) is 5.88 Å². The summed E-state index contributed by atoms with van der Waals surface area (Å²) in [5.74, 6) is 0.220. The maximum atomic E-state index is 12.9. The minimum Gasteiger partial charge on any atom is -0.472 e. The Hall–Kier alpha value is -3.13. The van der Waals surface area contributed by atoms with E-state index in [1.54, 1.807) is 28.1 Å². The van der Waals surface area contributed by atoms with Gasteiger partial charge in [-0.25, -0.2) is 9.78 Å². The summed E-state index contributed by atoms with van der Waals surface area (Å²) < 4.78 is 11.4. The van der Waals surface area contributed by atoms with E-state index in [1.807, 2.05) is 24.3 Å². The van der Waals surface area contributed by atoms with E-state index in [9.17, 15) is 9.59 Å². The van der Waals surface area contributed by atoms with E-state index < -0.39 is 0 Å². The molecule has 4 rings (SSSR count). The van der Waals surface area contributed by atoms with Gasteiger partial charge in [0, 0.05) is 37.9 Å². The number of nitrogens with zero attached hydrogens (tertiary/aromatic N) is 3. The van der Waals surface area contributed by atoms with Crippen LogP contribution in [0.4, 0.5) is 10.5 Å². The molecule has 1 atom stereocenters. The van der Waals surface area contributed by atoms with Crippen molar-refractivity contribution in [2.24, 2.45) is 0 Å². The lowest BCUT2D eigenvalue weighted by Crippen LogP contribution is -2.41. The second-order valence-electron chi connectivity index (χ2n) is 7.68. The predicted molar refractivity (Wildman–Crippen MR) is 116 cm³/mol. The summed E-state index contributed by atoms with van der Waals surface area (Å²) in [6.07, 6.45) is 2.94. The first-order valence-corrected chi connectivity index (χ1v) is 10.8. The van der Waals surface area contributed by atoms with Gasteiger partial charge < -0.3 is 24.6 Å². The number of urea groups is 1. The molecule has 2 aromatic rings. The fourth-order valence-corrected chi connectivity index (χ4v) is 3.90. The van der Waals surface area contributed by atoms with Crippen molar-refractivity contribution >= 4 is 17.6 Å². The van der Waals surface area contributed by atoms with E-state index in [0.29, 0.717) is 57.3 Å². The number of benzene rings is 1. The van der Waals surface area contributed by atoms with Crippen molar-refractivity contribution in [2.75, 3.05) is 44.7 Å². The second kappa shape index (κ2) is 9.78. The van der Waals surface area contributed by atoms with Crippen molar-refractivity contribution in [2.45, 2.75) is 25.9 Å². The van der Waals surface area contributed by atoms with E-state index in [-0.39, 0.29) is 18.0 Å². The monoisotopic (exact) mass is 424 g/mol. The zero-order valence-electron chi connectivity index (χ0n) is 17.8. The first-order valence-electron chi connectivity index (χ1n) is 10.8. The number of para-hydroxylation sites is 1. The molecule has 0 aliphatic carbocycles. The molecule has 2 aliphatic heterocycles. The van der Waals surface area contributed by atoms with Crippen LogP contribution in [0, 0.1) is 0 Å². The largest absolute Gasteiger partial charge is 0.472 e. The van der Waals surface area contributed by atoms with E-state index >= 15 is 0 Å². The van der Waals surface area contributed by atoms with Gasteiger partial charge in [-0.2, -0.15) is 0 Å². The summed E-state index contributed by atoms with van der Waals surface area (Å²) in [5.41, 5.74) is 2.38. The number of anilines is 1. The molecule has 164 valence electrons. The maximum absolute atomic E-state index is 12.9. The summed E-state index contributed by atoms with van der Waals surface area (Å²) in [5, 5.41) is 3.00. The Labute approximate surface area is 182 Å². The summed E-state index contributed by atoms with van der Waals surface area (Å²) in [4.78, 5) is 33.4. The highest BCUT2D eigenvalue weighted by atomic mass is 16.5. The van der Waals surface area contributed by atoms with Gasteiger partial charge >= 0.3 is 6.03 Å². The average molecular weight is 425 g/mol. The number of nitrogens with one attached hydrogen (secondary N) is 1. The SMILES string of the molecule is CCc1ccccc1NC(=O)N1CCC(Oc2ncccc2C(=O)N2CCOCC2)C1. The Morgan fingerprint density at radius 3 is 2.74 bits per heavy atom. The zero-order chi connectivity index (χ0) is 21.6. The van der Waals surface area contributed by atoms with Crippen LogP contribution in [0.2, 0.25) is 0 Å². The van der Waals surface area contributed by atoms with E-state index in [0.717, 1.165) is 17.7 Å². The van der Waals surface area contributed by atoms with Gasteiger partial charge in [-0.15, -0.1) is 0 Å². The number of amides is 3. The predicted octanol–water partition coefficient (Wildman–Crippen LogP) is 2.80. The topological polar surface area (TPSA) is 84.0 Å². The van der Waals surface area contributed by atoms with Crippen LogP contribution >= 0.6 is 0 Å². The Morgan fingerprint density at radius 2 is 1.94 bits per heavy atom.